The highest BCUT2D eigenvalue weighted by molar-refractivity contribution is 7.92. The molecule has 1 amide bonds. The van der Waals surface area contributed by atoms with Crippen molar-refractivity contribution in [3.05, 3.63) is 89.0 Å². The zero-order valence-corrected chi connectivity index (χ0v) is 25.7. The fourth-order valence-corrected chi connectivity index (χ4v) is 6.13. The lowest BCUT2D eigenvalue weighted by atomic mass is 10.0. The van der Waals surface area contributed by atoms with Gasteiger partial charge in [-0.2, -0.15) is 0 Å². The lowest BCUT2D eigenvalue weighted by Gasteiger charge is -2.34. The number of aromatic carboxylic acids is 1. The predicted octanol–water partition coefficient (Wildman–Crippen LogP) is 3.78. The molecular formula is C32H39N3O7S. The second-order valence-electron chi connectivity index (χ2n) is 11.3. The van der Waals surface area contributed by atoms with Gasteiger partial charge in [-0.15, -0.1) is 0 Å². The lowest BCUT2D eigenvalue weighted by molar-refractivity contribution is -0.134. The van der Waals surface area contributed by atoms with E-state index in [-0.39, 0.29) is 41.4 Å². The van der Waals surface area contributed by atoms with Gasteiger partial charge in [0.25, 0.3) is 10.0 Å². The van der Waals surface area contributed by atoms with Gasteiger partial charge in [-0.1, -0.05) is 36.8 Å². The van der Waals surface area contributed by atoms with Crippen LogP contribution in [0.5, 0.6) is 5.75 Å². The smallest absolute Gasteiger partial charge is 0.335 e. The number of hydrogen-bond donors (Lipinski definition) is 3. The first-order chi connectivity index (χ1) is 20.4. The van der Waals surface area contributed by atoms with E-state index in [0.717, 1.165) is 11.1 Å². The van der Waals surface area contributed by atoms with Crippen LogP contribution in [0.1, 0.15) is 40.9 Å². The zero-order chi connectivity index (χ0) is 31.3. The van der Waals surface area contributed by atoms with Crippen molar-refractivity contribution in [3.8, 4) is 5.75 Å². The molecule has 3 aromatic carbocycles. The van der Waals surface area contributed by atoms with E-state index >= 15 is 0 Å². The summed E-state index contributed by atoms with van der Waals surface area (Å²) in [5.74, 6) is -0.792. The number of rotatable bonds is 10. The zero-order valence-electron chi connectivity index (χ0n) is 24.9. The molecule has 0 spiro atoms. The van der Waals surface area contributed by atoms with E-state index in [1.54, 1.807) is 78.6 Å². The van der Waals surface area contributed by atoms with Crippen LogP contribution < -0.4 is 9.46 Å². The number of fused-ring (bicyclic) bond motifs is 1. The molecule has 43 heavy (non-hydrogen) atoms. The number of aliphatic hydroxyl groups excluding tert-OH is 1. The van der Waals surface area contributed by atoms with Crippen LogP contribution in [0.3, 0.4) is 0 Å². The summed E-state index contributed by atoms with van der Waals surface area (Å²) in [6.45, 7) is 6.89. The van der Waals surface area contributed by atoms with Gasteiger partial charge in [-0.25, -0.2) is 13.2 Å². The fraction of sp³-hybridized carbons (Fsp3) is 0.375. The van der Waals surface area contributed by atoms with Crippen LogP contribution in [0.2, 0.25) is 0 Å². The summed E-state index contributed by atoms with van der Waals surface area (Å²) in [5, 5.41) is 19.1. The van der Waals surface area contributed by atoms with E-state index in [2.05, 4.69) is 9.62 Å². The number of amides is 1. The molecule has 3 atom stereocenters. The highest BCUT2D eigenvalue weighted by Gasteiger charge is 2.31. The number of carbonyl (C=O) groups excluding carboxylic acids is 1. The van der Waals surface area contributed by atoms with Crippen molar-refractivity contribution in [3.63, 3.8) is 0 Å². The van der Waals surface area contributed by atoms with Crippen molar-refractivity contribution >= 4 is 27.6 Å². The van der Waals surface area contributed by atoms with Gasteiger partial charge in [0.05, 0.1) is 29.5 Å². The van der Waals surface area contributed by atoms with Crippen LogP contribution in [0.4, 0.5) is 5.69 Å². The first-order valence-electron chi connectivity index (χ1n) is 14.2. The molecule has 0 unspecified atom stereocenters. The number of carboxylic acids is 1. The minimum absolute atomic E-state index is 0.0228. The molecule has 3 aromatic rings. The van der Waals surface area contributed by atoms with Crippen molar-refractivity contribution in [2.24, 2.45) is 5.92 Å². The van der Waals surface area contributed by atoms with E-state index in [4.69, 9.17) is 4.74 Å². The molecule has 1 aliphatic heterocycles. The summed E-state index contributed by atoms with van der Waals surface area (Å²) in [7, 11) is -1.91. The number of hydrogen-bond acceptors (Lipinski definition) is 7. The number of aliphatic hydroxyl groups is 1. The maximum Gasteiger partial charge on any atom is 0.335 e. The fourth-order valence-electron chi connectivity index (χ4n) is 5.08. The lowest BCUT2D eigenvalue weighted by Crippen LogP contribution is -2.47. The minimum atomic E-state index is -3.85. The van der Waals surface area contributed by atoms with Crippen LogP contribution in [-0.2, 0) is 27.8 Å². The number of ether oxygens (including phenoxy) is 1. The Morgan fingerprint density at radius 3 is 2.42 bits per heavy atom. The first kappa shape index (κ1) is 32.0. The third kappa shape index (κ3) is 8.13. The van der Waals surface area contributed by atoms with Crippen molar-refractivity contribution in [1.29, 1.82) is 0 Å². The summed E-state index contributed by atoms with van der Waals surface area (Å²) in [6.07, 6.45) is -0.373. The Morgan fingerprint density at radius 2 is 1.79 bits per heavy atom. The van der Waals surface area contributed by atoms with Gasteiger partial charge in [0.15, 0.2) is 0 Å². The van der Waals surface area contributed by atoms with Crippen LogP contribution in [0.25, 0.3) is 0 Å². The molecule has 0 saturated carbocycles. The molecule has 0 aromatic heterocycles. The Labute approximate surface area is 253 Å². The summed E-state index contributed by atoms with van der Waals surface area (Å²) in [6, 6.07) is 17.8. The van der Waals surface area contributed by atoms with Gasteiger partial charge in [0.1, 0.15) is 11.9 Å². The van der Waals surface area contributed by atoms with E-state index in [0.29, 0.717) is 36.6 Å². The van der Waals surface area contributed by atoms with E-state index in [9.17, 15) is 28.2 Å². The maximum atomic E-state index is 13.5. The molecule has 0 aliphatic carbocycles. The third-order valence-corrected chi connectivity index (χ3v) is 9.04. The maximum absolute atomic E-state index is 13.5. The number of sulfonamides is 1. The highest BCUT2D eigenvalue weighted by atomic mass is 32.2. The number of carboxylic acid groups (broad SMARTS) is 1. The van der Waals surface area contributed by atoms with Crippen molar-refractivity contribution in [1.82, 2.24) is 9.80 Å². The quantitative estimate of drug-likeness (QED) is 0.316. The molecule has 0 saturated heterocycles. The Balaban J connectivity index is 1.60. The number of carbonyl (C=O) groups is 2. The van der Waals surface area contributed by atoms with Crippen LogP contribution in [0, 0.1) is 12.8 Å². The van der Waals surface area contributed by atoms with Gasteiger partial charge in [-0.05, 0) is 68.9 Å². The normalized spacial score (nSPS) is 18.2. The van der Waals surface area contributed by atoms with Crippen LogP contribution >= 0.6 is 0 Å². The average Bonchev–Trinajstić information content (AvgIpc) is 3.00. The van der Waals surface area contributed by atoms with Gasteiger partial charge in [0, 0.05) is 36.8 Å². The van der Waals surface area contributed by atoms with Crippen LogP contribution in [-0.4, -0.2) is 79.2 Å². The third-order valence-electron chi connectivity index (χ3n) is 7.64. The molecule has 3 N–H and O–H groups in total. The van der Waals surface area contributed by atoms with Gasteiger partial charge in [-0.3, -0.25) is 14.4 Å². The highest BCUT2D eigenvalue weighted by Crippen LogP contribution is 2.30. The monoisotopic (exact) mass is 609 g/mol. The number of anilines is 1. The SMILES string of the molecule is Cc1ccc(S(=O)(=O)Nc2ccc3c(c2)CC(=O)N([C@@H](C)CO)C[C@@H](C)[C@H](CN(C)Cc2ccc(C(=O)O)cc2)O3)cc1. The summed E-state index contributed by atoms with van der Waals surface area (Å²) < 4.78 is 35.2. The first-order valence-corrected chi connectivity index (χ1v) is 15.6. The van der Waals surface area contributed by atoms with Crippen LogP contribution in [0.15, 0.2) is 71.6 Å². The Kier molecular flexibility index (Phi) is 10.1. The second-order valence-corrected chi connectivity index (χ2v) is 13.0. The molecule has 0 radical (unpaired) electrons. The number of likely N-dealkylation sites (N-methyl/N-ethyl adjacent to an activating group) is 1. The largest absolute Gasteiger partial charge is 0.488 e. The number of nitrogens with zero attached hydrogens (tertiary/aromatic N) is 2. The topological polar surface area (TPSA) is 136 Å². The molecule has 1 aliphatic rings. The molecule has 4 rings (SSSR count). The number of benzene rings is 3. The summed E-state index contributed by atoms with van der Waals surface area (Å²) in [5.41, 5.74) is 2.96. The molecular weight excluding hydrogens is 570 g/mol. The number of aryl methyl sites for hydroxylation is 1. The summed E-state index contributed by atoms with van der Waals surface area (Å²) >= 11 is 0. The van der Waals surface area contributed by atoms with E-state index in [1.807, 2.05) is 20.9 Å². The average molecular weight is 610 g/mol. The molecule has 0 fully saturated rings. The molecule has 11 heteroatoms. The van der Waals surface area contributed by atoms with Gasteiger partial charge in [0.2, 0.25) is 5.91 Å². The number of nitrogens with one attached hydrogen (secondary N) is 1. The van der Waals surface area contributed by atoms with Gasteiger partial charge < -0.3 is 19.8 Å². The molecule has 10 nitrogen and oxygen atoms in total. The van der Waals surface area contributed by atoms with Crippen molar-refractivity contribution in [2.45, 2.75) is 50.8 Å². The standard InChI is InChI=1S/C32H39N3O7S/c1-21-5-12-28(13-6-21)43(40,41)33-27-11-14-29-26(15-27)16-31(37)35(23(3)20-36)17-22(2)30(42-29)19-34(4)18-24-7-9-25(10-8-24)32(38)39/h5-15,22-23,30,33,36H,16-20H2,1-4H3,(H,38,39)/t22-,23+,30+/m1/s1. The Hall–Kier alpha value is -3.93. The second kappa shape index (κ2) is 13.6. The molecule has 230 valence electrons. The van der Waals surface area contributed by atoms with E-state index < -0.39 is 22.0 Å². The molecule has 1 heterocycles. The predicted molar refractivity (Wildman–Crippen MR) is 164 cm³/mol. The Bertz CT molecular complexity index is 1540. The minimum Gasteiger partial charge on any atom is -0.488 e. The Morgan fingerprint density at radius 1 is 1.12 bits per heavy atom. The van der Waals surface area contributed by atoms with Crippen molar-refractivity contribution < 1.29 is 33.0 Å². The summed E-state index contributed by atoms with van der Waals surface area (Å²) in [4.78, 5) is 28.6. The van der Waals surface area contributed by atoms with E-state index in [1.165, 1.54) is 0 Å². The van der Waals surface area contributed by atoms with Gasteiger partial charge >= 0.3 is 5.97 Å². The molecule has 0 bridgehead atoms. The van der Waals surface area contributed by atoms with Crippen molar-refractivity contribution in [2.75, 3.05) is 31.5 Å².